The summed E-state index contributed by atoms with van der Waals surface area (Å²) in [6, 6.07) is 8.32. The number of nitriles is 1. The predicted molar refractivity (Wildman–Crippen MR) is 114 cm³/mol. The number of hydrogen-bond acceptors (Lipinski definition) is 7. The largest absolute Gasteiger partial charge is 0.483 e. The quantitative estimate of drug-likeness (QED) is 0.755. The van der Waals surface area contributed by atoms with Crippen molar-refractivity contribution in [2.45, 2.75) is 25.9 Å². The fraction of sp³-hybridized carbons (Fsp3) is 0.476. The molecule has 8 heteroatoms. The van der Waals surface area contributed by atoms with E-state index >= 15 is 0 Å². The molecule has 2 fully saturated rings. The van der Waals surface area contributed by atoms with E-state index in [1.54, 1.807) is 6.20 Å². The monoisotopic (exact) mass is 413 g/mol. The maximum absolute atomic E-state index is 9.27. The molecular weight excluding hydrogens is 386 g/mol. The Morgan fingerprint density at radius 1 is 1.14 bits per heavy atom. The van der Waals surface area contributed by atoms with E-state index in [-0.39, 0.29) is 6.47 Å². The van der Waals surface area contributed by atoms with E-state index in [4.69, 9.17) is 9.90 Å². The molecule has 154 valence electrons. The third-order valence-electron chi connectivity index (χ3n) is 5.27. The van der Waals surface area contributed by atoms with Gasteiger partial charge in [-0.3, -0.25) is 14.6 Å². The molecule has 1 N–H and O–H groups in total. The van der Waals surface area contributed by atoms with Crippen molar-refractivity contribution in [3.63, 3.8) is 0 Å². The molecule has 2 aromatic rings. The number of likely N-dealkylation sites (tertiary alicyclic amines) is 1. The Kier molecular flexibility index (Phi) is 7.99. The van der Waals surface area contributed by atoms with Gasteiger partial charge in [0, 0.05) is 50.3 Å². The molecule has 4 heterocycles. The van der Waals surface area contributed by atoms with Crippen LogP contribution in [0.3, 0.4) is 0 Å². The summed E-state index contributed by atoms with van der Waals surface area (Å²) in [5, 5.41) is 18.5. The summed E-state index contributed by atoms with van der Waals surface area (Å²) in [4.78, 5) is 21.5. The number of anilines is 1. The molecule has 29 heavy (non-hydrogen) atoms. The van der Waals surface area contributed by atoms with Gasteiger partial charge in [-0.1, -0.05) is 0 Å². The van der Waals surface area contributed by atoms with Gasteiger partial charge < -0.3 is 10.0 Å². The zero-order valence-electron chi connectivity index (χ0n) is 16.5. The van der Waals surface area contributed by atoms with E-state index in [1.165, 1.54) is 36.4 Å². The van der Waals surface area contributed by atoms with Crippen molar-refractivity contribution in [2.24, 2.45) is 0 Å². The van der Waals surface area contributed by atoms with Crippen LogP contribution in [-0.4, -0.2) is 65.6 Å². The van der Waals surface area contributed by atoms with Gasteiger partial charge in [-0.25, -0.2) is 4.98 Å². The smallest absolute Gasteiger partial charge is 0.290 e. The molecule has 0 radical (unpaired) electrons. The lowest BCUT2D eigenvalue weighted by Crippen LogP contribution is -2.46. The summed E-state index contributed by atoms with van der Waals surface area (Å²) in [5.74, 6) is 0.832. The van der Waals surface area contributed by atoms with Gasteiger partial charge in [0.05, 0.1) is 5.56 Å². The number of thiophene rings is 1. The third-order valence-corrected chi connectivity index (χ3v) is 6.24. The van der Waals surface area contributed by atoms with Crippen molar-refractivity contribution < 1.29 is 9.90 Å². The van der Waals surface area contributed by atoms with Crippen LogP contribution in [0.5, 0.6) is 0 Å². The summed E-state index contributed by atoms with van der Waals surface area (Å²) in [6.07, 6.45) is 4.48. The highest BCUT2D eigenvalue weighted by atomic mass is 32.1. The van der Waals surface area contributed by atoms with Crippen LogP contribution in [0.2, 0.25) is 0 Å². The first kappa shape index (κ1) is 21.2. The van der Waals surface area contributed by atoms with Gasteiger partial charge in [-0.15, -0.1) is 11.3 Å². The second kappa shape index (κ2) is 10.9. The number of nitrogens with zero attached hydrogens (tertiary/aromatic N) is 5. The molecule has 2 aliphatic rings. The molecule has 7 nitrogen and oxygen atoms in total. The molecule has 2 aromatic heterocycles. The first-order valence-corrected chi connectivity index (χ1v) is 10.8. The molecule has 0 bridgehead atoms. The Morgan fingerprint density at radius 3 is 2.52 bits per heavy atom. The molecule has 2 aliphatic heterocycles. The highest BCUT2D eigenvalue weighted by molar-refractivity contribution is 7.10. The summed E-state index contributed by atoms with van der Waals surface area (Å²) in [7, 11) is 0. The lowest BCUT2D eigenvalue weighted by molar-refractivity contribution is -0.122. The van der Waals surface area contributed by atoms with Gasteiger partial charge in [-0.05, 0) is 55.1 Å². The minimum Gasteiger partial charge on any atom is -0.483 e. The van der Waals surface area contributed by atoms with Gasteiger partial charge in [0.2, 0.25) is 0 Å². The van der Waals surface area contributed by atoms with Crippen LogP contribution < -0.4 is 4.90 Å². The van der Waals surface area contributed by atoms with E-state index in [1.807, 2.05) is 23.5 Å². The molecular formula is C21H27N5O2S. The first-order valence-electron chi connectivity index (χ1n) is 9.92. The lowest BCUT2D eigenvalue weighted by Gasteiger charge is -2.35. The lowest BCUT2D eigenvalue weighted by atomic mass is 10.2. The Morgan fingerprint density at radius 2 is 1.83 bits per heavy atom. The molecule has 0 unspecified atom stereocenters. The summed E-state index contributed by atoms with van der Waals surface area (Å²) < 4.78 is 0. The molecule has 0 aromatic carbocycles. The molecule has 0 atom stereocenters. The molecule has 0 saturated carbocycles. The van der Waals surface area contributed by atoms with Gasteiger partial charge >= 0.3 is 0 Å². The van der Waals surface area contributed by atoms with E-state index in [0.717, 1.165) is 45.1 Å². The van der Waals surface area contributed by atoms with Crippen LogP contribution in [0.1, 0.15) is 28.8 Å². The first-order chi connectivity index (χ1) is 14.2. The Labute approximate surface area is 175 Å². The van der Waals surface area contributed by atoms with E-state index < -0.39 is 0 Å². The number of carbonyl (C=O) groups is 1. The summed E-state index contributed by atoms with van der Waals surface area (Å²) in [5.41, 5.74) is 2.14. The summed E-state index contributed by atoms with van der Waals surface area (Å²) in [6.45, 7) is 8.29. The third kappa shape index (κ3) is 6.00. The molecule has 2 saturated heterocycles. The zero-order valence-corrected chi connectivity index (χ0v) is 17.4. The minimum atomic E-state index is -0.250. The zero-order chi connectivity index (χ0) is 20.5. The van der Waals surface area contributed by atoms with Crippen molar-refractivity contribution in [3.8, 4) is 6.07 Å². The van der Waals surface area contributed by atoms with Crippen molar-refractivity contribution in [3.05, 3.63) is 45.8 Å². The average Bonchev–Trinajstić information content (AvgIpc) is 3.42. The average molecular weight is 414 g/mol. The van der Waals surface area contributed by atoms with E-state index in [0.29, 0.717) is 5.56 Å². The SMILES string of the molecule is N#Cc1cccnc1N1CCN(Cc2cc(CN3CCCC3)cs2)CC1.O=CO. The molecule has 0 amide bonds. The van der Waals surface area contributed by atoms with Crippen LogP contribution in [-0.2, 0) is 17.9 Å². The van der Waals surface area contributed by atoms with Gasteiger partial charge in [0.25, 0.3) is 6.47 Å². The standard InChI is InChI=1S/C20H25N5S.CH2O2/c21-13-18-4-3-5-22-20(18)25-10-8-24(9-11-25)15-19-12-17(16-26-19)14-23-6-1-2-7-23;2-1-3/h3-5,12,16H,1-2,6-11,14-15H2;1H,(H,2,3). The highest BCUT2D eigenvalue weighted by Gasteiger charge is 2.21. The van der Waals surface area contributed by atoms with Gasteiger partial charge in [0.15, 0.2) is 0 Å². The van der Waals surface area contributed by atoms with Crippen LogP contribution >= 0.6 is 11.3 Å². The van der Waals surface area contributed by atoms with Gasteiger partial charge in [0.1, 0.15) is 11.9 Å². The topological polar surface area (TPSA) is 83.7 Å². The van der Waals surface area contributed by atoms with Gasteiger partial charge in [-0.2, -0.15) is 5.26 Å². The number of piperazine rings is 1. The van der Waals surface area contributed by atoms with Crippen LogP contribution in [0.15, 0.2) is 29.8 Å². The number of rotatable bonds is 5. The molecule has 0 spiro atoms. The van der Waals surface area contributed by atoms with Crippen molar-refractivity contribution in [1.82, 2.24) is 14.8 Å². The van der Waals surface area contributed by atoms with Crippen molar-refractivity contribution in [1.29, 1.82) is 5.26 Å². The number of hydrogen-bond donors (Lipinski definition) is 1. The Bertz CT molecular complexity index is 820. The second-order valence-corrected chi connectivity index (χ2v) is 8.26. The summed E-state index contributed by atoms with van der Waals surface area (Å²) >= 11 is 1.89. The number of aromatic nitrogens is 1. The maximum Gasteiger partial charge on any atom is 0.290 e. The normalized spacial score (nSPS) is 17.4. The molecule has 0 aliphatic carbocycles. The Balaban J connectivity index is 0.000000755. The van der Waals surface area contributed by atoms with Crippen molar-refractivity contribution >= 4 is 23.6 Å². The fourth-order valence-electron chi connectivity index (χ4n) is 3.87. The minimum absolute atomic E-state index is 0.250. The van der Waals surface area contributed by atoms with Crippen LogP contribution in [0, 0.1) is 11.3 Å². The molecule has 4 rings (SSSR count). The highest BCUT2D eigenvalue weighted by Crippen LogP contribution is 2.22. The number of pyridine rings is 1. The van der Waals surface area contributed by atoms with E-state index in [2.05, 4.69) is 37.2 Å². The van der Waals surface area contributed by atoms with E-state index in [9.17, 15) is 5.26 Å². The van der Waals surface area contributed by atoms with Crippen molar-refractivity contribution in [2.75, 3.05) is 44.2 Å². The van der Waals surface area contributed by atoms with Crippen LogP contribution in [0.4, 0.5) is 5.82 Å². The number of carboxylic acid groups (broad SMARTS) is 1. The predicted octanol–water partition coefficient (Wildman–Crippen LogP) is 2.63. The fourth-order valence-corrected chi connectivity index (χ4v) is 4.79. The second-order valence-electron chi connectivity index (χ2n) is 7.26. The maximum atomic E-state index is 9.27. The Hall–Kier alpha value is -2.47. The van der Waals surface area contributed by atoms with Crippen LogP contribution in [0.25, 0.3) is 0 Å².